The first-order chi connectivity index (χ1) is 11.1. The summed E-state index contributed by atoms with van der Waals surface area (Å²) in [6.07, 6.45) is 2.86. The smallest absolute Gasteiger partial charge is 0.335 e. The van der Waals surface area contributed by atoms with Crippen LogP contribution in [0.1, 0.15) is 42.1 Å². The van der Waals surface area contributed by atoms with E-state index in [1.807, 2.05) is 18.2 Å². The maximum Gasteiger partial charge on any atom is 0.335 e. The molecule has 4 nitrogen and oxygen atoms in total. The number of Topliss-reactive ketones (excluding diaryl/α,β-unsaturated/α-hetero) is 1. The van der Waals surface area contributed by atoms with Crippen molar-refractivity contribution < 1.29 is 14.7 Å². The zero-order chi connectivity index (χ0) is 16.0. The van der Waals surface area contributed by atoms with Crippen molar-refractivity contribution in [3.05, 3.63) is 48.0 Å². The van der Waals surface area contributed by atoms with Crippen LogP contribution in [0.5, 0.6) is 0 Å². The monoisotopic (exact) mass is 307 g/mol. The average Bonchev–Trinajstić information content (AvgIpc) is 2.89. The average molecular weight is 307 g/mol. The van der Waals surface area contributed by atoms with Crippen LogP contribution in [0.15, 0.2) is 42.5 Å². The van der Waals surface area contributed by atoms with Crippen molar-refractivity contribution in [2.24, 2.45) is 0 Å². The summed E-state index contributed by atoms with van der Waals surface area (Å²) in [5, 5.41) is 11.5. The van der Waals surface area contributed by atoms with Crippen molar-refractivity contribution in [1.82, 2.24) is 4.57 Å². The summed E-state index contributed by atoms with van der Waals surface area (Å²) < 4.78 is 2.24. The van der Waals surface area contributed by atoms with Gasteiger partial charge in [-0.2, -0.15) is 0 Å². The third-order valence-electron chi connectivity index (χ3n) is 4.84. The maximum atomic E-state index is 11.6. The summed E-state index contributed by atoms with van der Waals surface area (Å²) in [6.45, 7) is 0. The second-order valence-corrected chi connectivity index (χ2v) is 6.19. The van der Waals surface area contributed by atoms with Crippen molar-refractivity contribution in [1.29, 1.82) is 0 Å². The molecule has 4 rings (SSSR count). The van der Waals surface area contributed by atoms with E-state index in [2.05, 4.69) is 16.7 Å². The van der Waals surface area contributed by atoms with Crippen molar-refractivity contribution in [2.75, 3.05) is 0 Å². The van der Waals surface area contributed by atoms with Crippen LogP contribution in [0.2, 0.25) is 0 Å². The fourth-order valence-electron chi connectivity index (χ4n) is 3.71. The minimum absolute atomic E-state index is 0.249. The van der Waals surface area contributed by atoms with E-state index >= 15 is 0 Å². The molecule has 1 fully saturated rings. The lowest BCUT2D eigenvalue weighted by molar-refractivity contribution is -0.120. The Labute approximate surface area is 133 Å². The molecule has 4 heteroatoms. The fraction of sp³-hybridized carbons (Fsp3) is 0.263. The molecule has 1 saturated carbocycles. The summed E-state index contributed by atoms with van der Waals surface area (Å²) in [5.74, 6) is -0.587. The molecule has 0 radical (unpaired) electrons. The number of aromatic carboxylic acids is 1. The molecule has 23 heavy (non-hydrogen) atoms. The Balaban J connectivity index is 1.99. The number of aromatic nitrogens is 1. The highest BCUT2D eigenvalue weighted by Crippen LogP contribution is 2.37. The molecule has 0 spiro atoms. The zero-order valence-corrected chi connectivity index (χ0v) is 12.7. The molecular formula is C19H17NO3. The van der Waals surface area contributed by atoms with Crippen LogP contribution in [0.25, 0.3) is 21.8 Å². The number of hydrogen-bond donors (Lipinski definition) is 1. The Kier molecular flexibility index (Phi) is 3.18. The second kappa shape index (κ2) is 5.23. The highest BCUT2D eigenvalue weighted by molar-refractivity contribution is 6.09. The SMILES string of the molecule is O=C1CCC(n2c3ccccc3c3ccc(C(=O)O)cc32)CC1. The van der Waals surface area contributed by atoms with E-state index in [1.54, 1.807) is 12.1 Å². The van der Waals surface area contributed by atoms with Gasteiger partial charge in [0.05, 0.1) is 11.1 Å². The minimum Gasteiger partial charge on any atom is -0.478 e. The number of rotatable bonds is 2. The highest BCUT2D eigenvalue weighted by atomic mass is 16.4. The van der Waals surface area contributed by atoms with E-state index < -0.39 is 5.97 Å². The van der Waals surface area contributed by atoms with Crippen LogP contribution in [-0.2, 0) is 4.79 Å². The maximum absolute atomic E-state index is 11.6. The van der Waals surface area contributed by atoms with Gasteiger partial charge in [-0.05, 0) is 31.0 Å². The van der Waals surface area contributed by atoms with Crippen LogP contribution in [0, 0.1) is 0 Å². The topological polar surface area (TPSA) is 59.3 Å². The number of carbonyl (C=O) groups excluding carboxylic acids is 1. The first kappa shape index (κ1) is 14.0. The van der Waals surface area contributed by atoms with E-state index in [-0.39, 0.29) is 6.04 Å². The molecule has 2 aromatic carbocycles. The number of nitrogens with zero attached hydrogens (tertiary/aromatic N) is 1. The molecule has 116 valence electrons. The van der Waals surface area contributed by atoms with Crippen molar-refractivity contribution in [2.45, 2.75) is 31.7 Å². The zero-order valence-electron chi connectivity index (χ0n) is 12.7. The van der Waals surface area contributed by atoms with E-state index in [0.29, 0.717) is 24.2 Å². The van der Waals surface area contributed by atoms with Gasteiger partial charge in [-0.15, -0.1) is 0 Å². The Bertz CT molecular complexity index is 928. The lowest BCUT2D eigenvalue weighted by atomic mass is 9.94. The highest BCUT2D eigenvalue weighted by Gasteiger charge is 2.24. The van der Waals surface area contributed by atoms with E-state index in [1.165, 1.54) is 0 Å². The summed E-state index contributed by atoms with van der Waals surface area (Å²) in [4.78, 5) is 22.9. The van der Waals surface area contributed by atoms with E-state index in [9.17, 15) is 14.7 Å². The van der Waals surface area contributed by atoms with Crippen LogP contribution in [0.3, 0.4) is 0 Å². The summed E-state index contributed by atoms with van der Waals surface area (Å²) in [5.41, 5.74) is 2.36. The number of carbonyl (C=O) groups is 2. The van der Waals surface area contributed by atoms with Gasteiger partial charge in [-0.1, -0.05) is 24.3 Å². The molecule has 0 atom stereocenters. The van der Waals surface area contributed by atoms with Gasteiger partial charge in [-0.3, -0.25) is 4.79 Å². The molecule has 0 saturated heterocycles. The number of hydrogen-bond acceptors (Lipinski definition) is 2. The van der Waals surface area contributed by atoms with Crippen LogP contribution < -0.4 is 0 Å². The molecule has 0 aliphatic heterocycles. The quantitative estimate of drug-likeness (QED) is 0.772. The standard InChI is InChI=1S/C19H17NO3/c21-14-8-6-13(7-9-14)20-17-4-2-1-3-15(17)16-10-5-12(19(22)23)11-18(16)20/h1-5,10-11,13H,6-9H2,(H,22,23). The Morgan fingerprint density at radius 2 is 1.70 bits per heavy atom. The van der Waals surface area contributed by atoms with Crippen LogP contribution in [-0.4, -0.2) is 21.4 Å². The predicted octanol–water partition coefficient (Wildman–Crippen LogP) is 4.18. The number of carboxylic acid groups (broad SMARTS) is 1. The molecule has 1 N–H and O–H groups in total. The molecule has 0 unspecified atom stereocenters. The van der Waals surface area contributed by atoms with Gasteiger partial charge in [0.25, 0.3) is 0 Å². The molecule has 1 aromatic heterocycles. The molecular weight excluding hydrogens is 290 g/mol. The van der Waals surface area contributed by atoms with Gasteiger partial charge in [-0.25, -0.2) is 4.79 Å². The number of fused-ring (bicyclic) bond motifs is 3. The number of ketones is 1. The molecule has 1 heterocycles. The molecule has 1 aliphatic rings. The summed E-state index contributed by atoms with van der Waals surface area (Å²) >= 11 is 0. The molecule has 3 aromatic rings. The Morgan fingerprint density at radius 3 is 2.43 bits per heavy atom. The van der Waals surface area contributed by atoms with Gasteiger partial charge in [0.1, 0.15) is 5.78 Å². The Morgan fingerprint density at radius 1 is 1.00 bits per heavy atom. The first-order valence-electron chi connectivity index (χ1n) is 7.93. The molecule has 1 aliphatic carbocycles. The van der Waals surface area contributed by atoms with Crippen molar-refractivity contribution in [3.63, 3.8) is 0 Å². The summed E-state index contributed by atoms with van der Waals surface area (Å²) in [6, 6.07) is 13.7. The lowest BCUT2D eigenvalue weighted by Gasteiger charge is -2.24. The second-order valence-electron chi connectivity index (χ2n) is 6.19. The van der Waals surface area contributed by atoms with Gasteiger partial charge in [0.2, 0.25) is 0 Å². The predicted molar refractivity (Wildman–Crippen MR) is 88.9 cm³/mol. The minimum atomic E-state index is -0.914. The van der Waals surface area contributed by atoms with Crippen LogP contribution >= 0.6 is 0 Å². The normalized spacial score (nSPS) is 16.3. The fourth-order valence-corrected chi connectivity index (χ4v) is 3.71. The third-order valence-corrected chi connectivity index (χ3v) is 4.84. The third kappa shape index (κ3) is 2.22. The van der Waals surface area contributed by atoms with Crippen molar-refractivity contribution in [3.8, 4) is 0 Å². The summed E-state index contributed by atoms with van der Waals surface area (Å²) in [7, 11) is 0. The van der Waals surface area contributed by atoms with E-state index in [0.717, 1.165) is 34.6 Å². The van der Waals surface area contributed by atoms with Crippen LogP contribution in [0.4, 0.5) is 0 Å². The van der Waals surface area contributed by atoms with Gasteiger partial charge < -0.3 is 9.67 Å². The lowest BCUT2D eigenvalue weighted by Crippen LogP contribution is -2.17. The van der Waals surface area contributed by atoms with Gasteiger partial charge >= 0.3 is 5.97 Å². The largest absolute Gasteiger partial charge is 0.478 e. The molecule has 0 bridgehead atoms. The van der Waals surface area contributed by atoms with Gasteiger partial charge in [0, 0.05) is 35.2 Å². The van der Waals surface area contributed by atoms with Crippen molar-refractivity contribution >= 4 is 33.6 Å². The first-order valence-corrected chi connectivity index (χ1v) is 7.93. The Hall–Kier alpha value is -2.62. The number of carboxylic acids is 1. The number of para-hydroxylation sites is 1. The van der Waals surface area contributed by atoms with E-state index in [4.69, 9.17) is 0 Å². The van der Waals surface area contributed by atoms with Gasteiger partial charge in [0.15, 0.2) is 0 Å². The number of benzene rings is 2. The molecule has 0 amide bonds.